The lowest BCUT2D eigenvalue weighted by atomic mass is 10.0. The van der Waals surface area contributed by atoms with E-state index >= 15 is 0 Å². The molecule has 1 aliphatic heterocycles. The van der Waals surface area contributed by atoms with Gasteiger partial charge in [0.25, 0.3) is 11.8 Å². The molecule has 1 saturated heterocycles. The fourth-order valence-electron chi connectivity index (χ4n) is 2.85. The number of aryl methyl sites for hydroxylation is 1. The number of hydrogen-bond donors (Lipinski definition) is 1. The van der Waals surface area contributed by atoms with Crippen LogP contribution in [0.4, 0.5) is 10.5 Å². The Morgan fingerprint density at radius 3 is 2.38 bits per heavy atom. The number of nitrogens with zero attached hydrogens (tertiary/aromatic N) is 1. The second-order valence-electron chi connectivity index (χ2n) is 6.74. The number of anilines is 1. The number of ether oxygens (including phenoxy) is 1. The van der Waals surface area contributed by atoms with Crippen LogP contribution in [0, 0.1) is 6.92 Å². The number of halogens is 2. The number of carbonyl (C=O) groups excluding carboxylic acids is 3. The lowest BCUT2D eigenvalue weighted by Gasteiger charge is -2.27. The van der Waals surface area contributed by atoms with Crippen LogP contribution in [-0.4, -0.2) is 23.9 Å². The second-order valence-corrected chi connectivity index (χ2v) is 7.61. The average molecular weight is 433 g/mol. The first kappa shape index (κ1) is 20.9. The third-order valence-corrected chi connectivity index (χ3v) is 4.62. The summed E-state index contributed by atoms with van der Waals surface area (Å²) in [6.07, 6.45) is 1.23. The summed E-state index contributed by atoms with van der Waals surface area (Å²) in [5.74, 6) is -1.11. The zero-order valence-corrected chi connectivity index (χ0v) is 17.5. The minimum absolute atomic E-state index is 0.128. The van der Waals surface area contributed by atoms with E-state index in [1.165, 1.54) is 12.1 Å². The molecule has 8 heteroatoms. The highest BCUT2D eigenvalue weighted by Crippen LogP contribution is 2.30. The molecule has 0 aromatic heterocycles. The van der Waals surface area contributed by atoms with E-state index in [0.29, 0.717) is 32.6 Å². The van der Waals surface area contributed by atoms with E-state index in [1.54, 1.807) is 37.3 Å². The summed E-state index contributed by atoms with van der Waals surface area (Å²) >= 11 is 12.1. The molecule has 1 N–H and O–H groups in total. The van der Waals surface area contributed by atoms with Crippen molar-refractivity contribution in [3.8, 4) is 5.75 Å². The van der Waals surface area contributed by atoms with E-state index in [-0.39, 0.29) is 11.7 Å². The summed E-state index contributed by atoms with van der Waals surface area (Å²) < 4.78 is 5.74. The topological polar surface area (TPSA) is 75.7 Å². The molecule has 0 aliphatic carbocycles. The van der Waals surface area contributed by atoms with Crippen molar-refractivity contribution in [3.05, 3.63) is 63.1 Å². The number of barbiturate groups is 1. The fourth-order valence-corrected chi connectivity index (χ4v) is 3.20. The van der Waals surface area contributed by atoms with Crippen molar-refractivity contribution < 1.29 is 19.1 Å². The number of benzene rings is 2. The van der Waals surface area contributed by atoms with E-state index in [2.05, 4.69) is 5.32 Å². The number of imide groups is 2. The van der Waals surface area contributed by atoms with Crippen LogP contribution in [0.2, 0.25) is 10.0 Å². The SMILES string of the molecule is Cc1ccc(Cl)cc1N1C(=O)NC(=O)/C(=C\c2cc(Cl)ccc2OC(C)C)C1=O. The molecule has 0 atom stereocenters. The van der Waals surface area contributed by atoms with Crippen LogP contribution in [0.5, 0.6) is 5.75 Å². The van der Waals surface area contributed by atoms with Gasteiger partial charge in [-0.2, -0.15) is 0 Å². The van der Waals surface area contributed by atoms with Crippen molar-refractivity contribution in [2.45, 2.75) is 26.9 Å². The summed E-state index contributed by atoms with van der Waals surface area (Å²) in [5.41, 5.74) is 1.17. The Hall–Kier alpha value is -2.83. The van der Waals surface area contributed by atoms with Crippen LogP contribution in [0.3, 0.4) is 0 Å². The molecule has 3 rings (SSSR count). The van der Waals surface area contributed by atoms with E-state index in [0.717, 1.165) is 4.90 Å². The molecule has 150 valence electrons. The Morgan fingerprint density at radius 2 is 1.69 bits per heavy atom. The van der Waals surface area contributed by atoms with Crippen molar-refractivity contribution in [2.75, 3.05) is 4.90 Å². The Kier molecular flexibility index (Phi) is 5.96. The minimum atomic E-state index is -0.840. The molecule has 6 nitrogen and oxygen atoms in total. The average Bonchev–Trinajstić information content (AvgIpc) is 2.63. The Labute approximate surface area is 178 Å². The summed E-state index contributed by atoms with van der Waals surface area (Å²) in [4.78, 5) is 38.8. The summed E-state index contributed by atoms with van der Waals surface area (Å²) in [7, 11) is 0. The van der Waals surface area contributed by atoms with Gasteiger partial charge in [-0.25, -0.2) is 9.69 Å². The molecular weight excluding hydrogens is 415 g/mol. The van der Waals surface area contributed by atoms with Gasteiger partial charge in [0, 0.05) is 15.6 Å². The number of carbonyl (C=O) groups is 3. The monoisotopic (exact) mass is 432 g/mol. The summed E-state index contributed by atoms with van der Waals surface area (Å²) in [6, 6.07) is 8.87. The fraction of sp³-hybridized carbons (Fsp3) is 0.190. The molecule has 0 radical (unpaired) electrons. The maximum atomic E-state index is 13.1. The molecule has 1 aliphatic rings. The standard InChI is InChI=1S/C21H18Cl2N2O4/c1-11(2)29-18-7-6-14(22)8-13(18)9-16-19(26)24-21(28)25(20(16)27)17-10-15(23)5-4-12(17)3/h4-11H,1-3H3,(H,24,26,28)/b16-9+. The van der Waals surface area contributed by atoms with Crippen LogP contribution in [-0.2, 0) is 9.59 Å². The molecule has 1 fully saturated rings. The largest absolute Gasteiger partial charge is 0.490 e. The first-order valence-corrected chi connectivity index (χ1v) is 9.57. The van der Waals surface area contributed by atoms with Gasteiger partial charge in [0.15, 0.2) is 0 Å². The molecule has 4 amide bonds. The highest BCUT2D eigenvalue weighted by molar-refractivity contribution is 6.40. The molecule has 2 aromatic carbocycles. The van der Waals surface area contributed by atoms with Crippen LogP contribution >= 0.6 is 23.2 Å². The maximum Gasteiger partial charge on any atom is 0.335 e. The number of amides is 4. The minimum Gasteiger partial charge on any atom is -0.490 e. The van der Waals surface area contributed by atoms with Crippen LogP contribution in [0.1, 0.15) is 25.0 Å². The van der Waals surface area contributed by atoms with E-state index < -0.39 is 17.8 Å². The number of nitrogens with one attached hydrogen (secondary N) is 1. The summed E-state index contributed by atoms with van der Waals surface area (Å²) in [5, 5.41) is 2.96. The quantitative estimate of drug-likeness (QED) is 0.558. The van der Waals surface area contributed by atoms with Gasteiger partial charge in [0.2, 0.25) is 0 Å². The first-order chi connectivity index (χ1) is 13.7. The normalized spacial score (nSPS) is 15.9. The second kappa shape index (κ2) is 8.27. The number of hydrogen-bond acceptors (Lipinski definition) is 4. The van der Waals surface area contributed by atoms with Gasteiger partial charge in [-0.15, -0.1) is 0 Å². The van der Waals surface area contributed by atoms with E-state index in [4.69, 9.17) is 27.9 Å². The molecular formula is C21H18Cl2N2O4. The lowest BCUT2D eigenvalue weighted by Crippen LogP contribution is -2.54. The molecule has 0 bridgehead atoms. The van der Waals surface area contributed by atoms with Crippen molar-refractivity contribution in [1.82, 2.24) is 5.32 Å². The molecule has 0 spiro atoms. The molecule has 1 heterocycles. The van der Waals surface area contributed by atoms with Gasteiger partial charge >= 0.3 is 6.03 Å². The van der Waals surface area contributed by atoms with Crippen molar-refractivity contribution >= 4 is 52.8 Å². The summed E-state index contributed by atoms with van der Waals surface area (Å²) in [6.45, 7) is 5.44. The molecule has 2 aromatic rings. The van der Waals surface area contributed by atoms with Crippen molar-refractivity contribution in [2.24, 2.45) is 0 Å². The zero-order chi connectivity index (χ0) is 21.3. The van der Waals surface area contributed by atoms with E-state index in [1.807, 2.05) is 13.8 Å². The highest BCUT2D eigenvalue weighted by Gasteiger charge is 2.37. The lowest BCUT2D eigenvalue weighted by molar-refractivity contribution is -0.122. The Balaban J connectivity index is 2.09. The van der Waals surface area contributed by atoms with Gasteiger partial charge in [-0.1, -0.05) is 29.3 Å². The zero-order valence-electron chi connectivity index (χ0n) is 16.0. The van der Waals surface area contributed by atoms with E-state index in [9.17, 15) is 14.4 Å². The van der Waals surface area contributed by atoms with Crippen molar-refractivity contribution in [3.63, 3.8) is 0 Å². The van der Waals surface area contributed by atoms with Gasteiger partial charge in [0.05, 0.1) is 11.8 Å². The van der Waals surface area contributed by atoms with Gasteiger partial charge in [0.1, 0.15) is 11.3 Å². The van der Waals surface area contributed by atoms with Crippen molar-refractivity contribution in [1.29, 1.82) is 0 Å². The Morgan fingerprint density at radius 1 is 1.03 bits per heavy atom. The number of urea groups is 1. The molecule has 0 saturated carbocycles. The third kappa shape index (κ3) is 4.44. The van der Waals surface area contributed by atoms with Gasteiger partial charge < -0.3 is 4.74 Å². The smallest absolute Gasteiger partial charge is 0.335 e. The molecule has 29 heavy (non-hydrogen) atoms. The Bertz CT molecular complexity index is 1050. The predicted molar refractivity (Wildman–Crippen MR) is 112 cm³/mol. The number of rotatable bonds is 4. The maximum absolute atomic E-state index is 13.1. The van der Waals surface area contributed by atoms with Gasteiger partial charge in [-0.05, 0) is 62.7 Å². The van der Waals surface area contributed by atoms with Crippen LogP contribution < -0.4 is 15.0 Å². The molecule has 0 unspecified atom stereocenters. The van der Waals surface area contributed by atoms with Crippen LogP contribution in [0.25, 0.3) is 6.08 Å². The van der Waals surface area contributed by atoms with Gasteiger partial charge in [-0.3, -0.25) is 14.9 Å². The highest BCUT2D eigenvalue weighted by atomic mass is 35.5. The first-order valence-electron chi connectivity index (χ1n) is 8.81. The van der Waals surface area contributed by atoms with Crippen LogP contribution in [0.15, 0.2) is 42.0 Å². The predicted octanol–water partition coefficient (Wildman–Crippen LogP) is 4.76. The third-order valence-electron chi connectivity index (χ3n) is 4.15.